The number of hydrogen-bond donors (Lipinski definition) is 3. The summed E-state index contributed by atoms with van der Waals surface area (Å²) in [5.74, 6) is 0.682. The Kier molecular flexibility index (Phi) is 10.9. The van der Waals surface area contributed by atoms with Crippen LogP contribution >= 0.6 is 11.8 Å². The van der Waals surface area contributed by atoms with Crippen LogP contribution in [-0.4, -0.2) is 49.0 Å². The molecule has 1 amide bonds. The second-order valence-corrected chi connectivity index (χ2v) is 14.3. The Hall–Kier alpha value is -3.95. The van der Waals surface area contributed by atoms with Gasteiger partial charge in [0, 0.05) is 30.3 Å². The average molecular weight is 655 g/mol. The number of thioether (sulfide) groups is 1. The van der Waals surface area contributed by atoms with Crippen LogP contribution in [0.15, 0.2) is 60.7 Å². The highest BCUT2D eigenvalue weighted by atomic mass is 32.2. The smallest absolute Gasteiger partial charge is 0.336 e. The molecular weight excluding hydrogens is 609 g/mol. The summed E-state index contributed by atoms with van der Waals surface area (Å²) in [6.45, 7) is 8.92. The summed E-state index contributed by atoms with van der Waals surface area (Å²) in [4.78, 5) is 43.5. The third-order valence-electron chi connectivity index (χ3n) is 9.03. The van der Waals surface area contributed by atoms with E-state index in [-0.39, 0.29) is 22.6 Å². The number of rotatable bonds is 13. The summed E-state index contributed by atoms with van der Waals surface area (Å²) in [5, 5.41) is 12.9. The summed E-state index contributed by atoms with van der Waals surface area (Å²) in [5.41, 5.74) is 11.8. The number of carboxylic acid groups (broad SMARTS) is 1. The van der Waals surface area contributed by atoms with Crippen LogP contribution in [0, 0.1) is 12.8 Å². The van der Waals surface area contributed by atoms with Gasteiger partial charge in [-0.3, -0.25) is 9.59 Å². The zero-order chi connectivity index (χ0) is 33.7. The zero-order valence-electron chi connectivity index (χ0n) is 27.8. The first-order chi connectivity index (χ1) is 22.5. The van der Waals surface area contributed by atoms with Crippen molar-refractivity contribution in [2.24, 2.45) is 11.7 Å². The van der Waals surface area contributed by atoms with Crippen LogP contribution in [0.4, 0.5) is 0 Å². The van der Waals surface area contributed by atoms with E-state index in [1.807, 2.05) is 55.5 Å². The molecule has 1 unspecified atom stereocenters. The molecule has 1 atom stereocenters. The minimum atomic E-state index is -0.954. The second kappa shape index (κ2) is 14.9. The van der Waals surface area contributed by atoms with Crippen LogP contribution in [-0.2, 0) is 17.8 Å². The monoisotopic (exact) mass is 654 g/mol. The number of carbonyl (C=O) groups is 3. The predicted molar refractivity (Wildman–Crippen MR) is 190 cm³/mol. The minimum absolute atomic E-state index is 0.0294. The molecule has 1 aliphatic rings. The Balaban J connectivity index is 1.39. The molecule has 8 nitrogen and oxygen atoms in total. The van der Waals surface area contributed by atoms with Crippen LogP contribution in [0.1, 0.15) is 97.0 Å². The summed E-state index contributed by atoms with van der Waals surface area (Å²) < 4.78 is 2.19. The van der Waals surface area contributed by atoms with Crippen molar-refractivity contribution >= 4 is 39.8 Å². The van der Waals surface area contributed by atoms with Crippen molar-refractivity contribution in [1.82, 2.24) is 14.9 Å². The quantitative estimate of drug-likeness (QED) is 0.137. The molecule has 4 N–H and O–H groups in total. The number of fused-ring (bicyclic) bond motifs is 1. The SMILES string of the molecule is CCCc1nc2c(C)cc(C(=O)NC(CSC(=O)C3(N)CCCC3)CC(C)C)cc2n1Cc1ccc(-c2ccccc2C(=O)O)cc1. The number of nitrogens with one attached hydrogen (secondary N) is 1. The first kappa shape index (κ1) is 34.4. The number of carboxylic acids is 1. The molecule has 0 aliphatic heterocycles. The Bertz CT molecular complexity index is 1760. The number of aromatic nitrogens is 2. The molecule has 3 aromatic carbocycles. The average Bonchev–Trinajstić information content (AvgIpc) is 3.64. The van der Waals surface area contributed by atoms with Gasteiger partial charge in [-0.2, -0.15) is 0 Å². The molecule has 5 rings (SSSR count). The maximum Gasteiger partial charge on any atom is 0.336 e. The number of benzene rings is 3. The number of hydrogen-bond acceptors (Lipinski definition) is 6. The predicted octanol–water partition coefficient (Wildman–Crippen LogP) is 7.39. The van der Waals surface area contributed by atoms with Crippen molar-refractivity contribution in [2.75, 3.05) is 5.75 Å². The van der Waals surface area contributed by atoms with Crippen LogP contribution < -0.4 is 11.1 Å². The van der Waals surface area contributed by atoms with Crippen LogP contribution in [0.5, 0.6) is 0 Å². The Morgan fingerprint density at radius 1 is 1.06 bits per heavy atom. The van der Waals surface area contributed by atoms with E-state index in [4.69, 9.17) is 10.7 Å². The number of aromatic carboxylic acids is 1. The standard InChI is InChI=1S/C38H46N4O4S/c1-5-10-33-41-34-25(4)20-28(35(43)40-29(19-24(2)3)23-47-37(46)38(39)17-8-9-18-38)21-32(34)42(33)22-26-13-15-27(16-14-26)30-11-6-7-12-31(30)36(44)45/h6-7,11-16,20-21,24,29H,5,8-10,17-19,22-23,39H2,1-4H3,(H,40,43)(H,44,45). The first-order valence-corrected chi connectivity index (χ1v) is 17.7. The lowest BCUT2D eigenvalue weighted by Gasteiger charge is -2.24. The molecule has 1 aliphatic carbocycles. The van der Waals surface area contributed by atoms with E-state index in [9.17, 15) is 19.5 Å². The van der Waals surface area contributed by atoms with Gasteiger partial charge in [0.15, 0.2) is 0 Å². The molecule has 0 saturated heterocycles. The summed E-state index contributed by atoms with van der Waals surface area (Å²) in [6, 6.07) is 18.6. The van der Waals surface area contributed by atoms with Crippen molar-refractivity contribution in [3.63, 3.8) is 0 Å². The minimum Gasteiger partial charge on any atom is -0.478 e. The highest BCUT2D eigenvalue weighted by Gasteiger charge is 2.37. The van der Waals surface area contributed by atoms with E-state index < -0.39 is 11.5 Å². The highest BCUT2D eigenvalue weighted by molar-refractivity contribution is 8.13. The van der Waals surface area contributed by atoms with E-state index >= 15 is 0 Å². The molecule has 1 heterocycles. The maximum absolute atomic E-state index is 13.7. The third kappa shape index (κ3) is 7.96. The number of amides is 1. The van der Waals surface area contributed by atoms with E-state index in [0.29, 0.717) is 29.3 Å². The largest absolute Gasteiger partial charge is 0.478 e. The Morgan fingerprint density at radius 3 is 2.43 bits per heavy atom. The van der Waals surface area contributed by atoms with Crippen molar-refractivity contribution in [1.29, 1.82) is 0 Å². The fourth-order valence-corrected chi connectivity index (χ4v) is 7.66. The van der Waals surface area contributed by atoms with Gasteiger partial charge in [0.05, 0.1) is 22.1 Å². The lowest BCUT2D eigenvalue weighted by atomic mass is 9.98. The number of carbonyl (C=O) groups excluding carboxylic acids is 2. The van der Waals surface area contributed by atoms with Crippen LogP contribution in [0.2, 0.25) is 0 Å². The Labute approximate surface area is 281 Å². The van der Waals surface area contributed by atoms with Gasteiger partial charge < -0.3 is 20.7 Å². The maximum atomic E-state index is 13.7. The van der Waals surface area contributed by atoms with Gasteiger partial charge in [-0.15, -0.1) is 0 Å². The fourth-order valence-electron chi connectivity index (χ4n) is 6.59. The number of imidazole rings is 1. The van der Waals surface area contributed by atoms with Gasteiger partial charge in [0.2, 0.25) is 5.12 Å². The van der Waals surface area contributed by atoms with Crippen molar-refractivity contribution in [2.45, 2.75) is 90.8 Å². The van der Waals surface area contributed by atoms with Gasteiger partial charge >= 0.3 is 5.97 Å². The number of aryl methyl sites for hydroxylation is 2. The van der Waals surface area contributed by atoms with Crippen LogP contribution in [0.25, 0.3) is 22.2 Å². The molecule has 9 heteroatoms. The molecule has 1 fully saturated rings. The molecule has 0 radical (unpaired) electrons. The molecular formula is C38H46N4O4S. The normalized spacial score (nSPS) is 14.9. The second-order valence-electron chi connectivity index (χ2n) is 13.3. The zero-order valence-corrected chi connectivity index (χ0v) is 28.7. The van der Waals surface area contributed by atoms with E-state index in [1.165, 1.54) is 11.8 Å². The molecule has 47 heavy (non-hydrogen) atoms. The van der Waals surface area contributed by atoms with Gasteiger partial charge in [0.25, 0.3) is 5.91 Å². The van der Waals surface area contributed by atoms with Crippen molar-refractivity contribution in [3.05, 3.63) is 88.7 Å². The molecule has 4 aromatic rings. The van der Waals surface area contributed by atoms with Crippen molar-refractivity contribution < 1.29 is 19.5 Å². The van der Waals surface area contributed by atoms with Crippen molar-refractivity contribution in [3.8, 4) is 11.1 Å². The number of nitrogens with two attached hydrogens (primary N) is 1. The Morgan fingerprint density at radius 2 is 1.77 bits per heavy atom. The van der Waals surface area contributed by atoms with Gasteiger partial charge in [-0.1, -0.05) is 87.8 Å². The van der Waals surface area contributed by atoms with Gasteiger partial charge in [-0.05, 0) is 79.0 Å². The highest BCUT2D eigenvalue weighted by Crippen LogP contribution is 2.32. The first-order valence-electron chi connectivity index (χ1n) is 16.7. The summed E-state index contributed by atoms with van der Waals surface area (Å²) >= 11 is 1.26. The van der Waals surface area contributed by atoms with Gasteiger partial charge in [0.1, 0.15) is 5.82 Å². The topological polar surface area (TPSA) is 127 Å². The van der Waals surface area contributed by atoms with Gasteiger partial charge in [-0.25, -0.2) is 9.78 Å². The molecule has 1 aromatic heterocycles. The molecule has 1 saturated carbocycles. The third-order valence-corrected chi connectivity index (χ3v) is 10.3. The summed E-state index contributed by atoms with van der Waals surface area (Å²) in [6.07, 6.45) is 5.92. The molecule has 0 bridgehead atoms. The van der Waals surface area contributed by atoms with Crippen LogP contribution in [0.3, 0.4) is 0 Å². The fraction of sp³-hybridized carbons (Fsp3) is 0.421. The number of nitrogens with zero attached hydrogens (tertiary/aromatic N) is 2. The van der Waals surface area contributed by atoms with E-state index in [0.717, 1.165) is 78.5 Å². The van der Waals surface area contributed by atoms with E-state index in [1.54, 1.807) is 12.1 Å². The summed E-state index contributed by atoms with van der Waals surface area (Å²) in [7, 11) is 0. The lowest BCUT2D eigenvalue weighted by Crippen LogP contribution is -2.45. The van der Waals surface area contributed by atoms with E-state index in [2.05, 4.69) is 30.7 Å². The lowest BCUT2D eigenvalue weighted by molar-refractivity contribution is -0.115. The molecule has 0 spiro atoms. The molecule has 248 valence electrons.